The number of benzene rings is 1. The molecule has 134 valence electrons. The van der Waals surface area contributed by atoms with E-state index in [4.69, 9.17) is 17.3 Å². The molecule has 0 radical (unpaired) electrons. The van der Waals surface area contributed by atoms with Crippen LogP contribution in [0.4, 0.5) is 42.0 Å². The number of rotatable bonds is 4. The van der Waals surface area contributed by atoms with Crippen LogP contribution in [0, 0.1) is 0 Å². The van der Waals surface area contributed by atoms with Gasteiger partial charge >= 0.3 is 6.18 Å². The van der Waals surface area contributed by atoms with Gasteiger partial charge in [-0.1, -0.05) is 17.7 Å². The van der Waals surface area contributed by atoms with E-state index in [9.17, 15) is 13.2 Å². The number of pyridine rings is 1. The topological polar surface area (TPSA) is 88.8 Å². The zero-order chi connectivity index (χ0) is 18.7. The minimum atomic E-state index is -4.50. The highest BCUT2D eigenvalue weighted by atomic mass is 35.5. The third-order valence-electron chi connectivity index (χ3n) is 3.34. The summed E-state index contributed by atoms with van der Waals surface area (Å²) in [5.41, 5.74) is 5.29. The molecule has 0 aliphatic carbocycles. The lowest BCUT2D eigenvalue weighted by atomic mass is 10.2. The maximum absolute atomic E-state index is 12.9. The van der Waals surface area contributed by atoms with E-state index in [2.05, 4.69) is 25.6 Å². The van der Waals surface area contributed by atoms with Crippen molar-refractivity contribution in [3.8, 4) is 0 Å². The van der Waals surface area contributed by atoms with Crippen molar-refractivity contribution in [2.24, 2.45) is 0 Å². The van der Waals surface area contributed by atoms with Gasteiger partial charge in [-0.25, -0.2) is 15.0 Å². The maximum Gasteiger partial charge on any atom is 0.416 e. The molecule has 0 atom stereocenters. The van der Waals surface area contributed by atoms with Crippen LogP contribution >= 0.6 is 11.6 Å². The lowest BCUT2D eigenvalue weighted by Crippen LogP contribution is -2.08. The molecule has 0 aliphatic heterocycles. The summed E-state index contributed by atoms with van der Waals surface area (Å²) in [5, 5.41) is 5.71. The van der Waals surface area contributed by atoms with Crippen LogP contribution in [0.25, 0.3) is 0 Å². The summed E-state index contributed by atoms with van der Waals surface area (Å²) in [6.45, 7) is 0. The second-order valence-corrected chi connectivity index (χ2v) is 5.55. The average molecular weight is 381 g/mol. The zero-order valence-electron chi connectivity index (χ0n) is 13.0. The highest BCUT2D eigenvalue weighted by molar-refractivity contribution is 6.33. The maximum atomic E-state index is 12.9. The molecular formula is C16H12ClF3N6. The van der Waals surface area contributed by atoms with E-state index in [1.54, 1.807) is 24.4 Å². The molecule has 0 spiro atoms. The molecule has 0 bridgehead atoms. The van der Waals surface area contributed by atoms with Gasteiger partial charge in [0.1, 0.15) is 17.8 Å². The number of nitrogen functional groups attached to an aromatic ring is 1. The lowest BCUT2D eigenvalue weighted by molar-refractivity contribution is -0.137. The van der Waals surface area contributed by atoms with Crippen LogP contribution in [0.2, 0.25) is 5.02 Å². The molecule has 0 aliphatic rings. The van der Waals surface area contributed by atoms with Crippen LogP contribution < -0.4 is 16.4 Å². The smallest absolute Gasteiger partial charge is 0.393 e. The Kier molecular flexibility index (Phi) is 4.81. The summed E-state index contributed by atoms with van der Waals surface area (Å²) in [4.78, 5) is 12.1. The predicted molar refractivity (Wildman–Crippen MR) is 93.7 cm³/mol. The Morgan fingerprint density at radius 1 is 0.962 bits per heavy atom. The van der Waals surface area contributed by atoms with Gasteiger partial charge in [0.2, 0.25) is 0 Å². The molecule has 26 heavy (non-hydrogen) atoms. The van der Waals surface area contributed by atoms with Crippen molar-refractivity contribution in [1.29, 1.82) is 0 Å². The van der Waals surface area contributed by atoms with Crippen LogP contribution in [-0.4, -0.2) is 15.0 Å². The van der Waals surface area contributed by atoms with Gasteiger partial charge in [-0.15, -0.1) is 0 Å². The highest BCUT2D eigenvalue weighted by Crippen LogP contribution is 2.36. The second-order valence-electron chi connectivity index (χ2n) is 5.14. The Morgan fingerprint density at radius 2 is 1.69 bits per heavy atom. The van der Waals surface area contributed by atoms with Gasteiger partial charge in [0.05, 0.1) is 16.3 Å². The molecule has 2 aromatic heterocycles. The van der Waals surface area contributed by atoms with Crippen LogP contribution in [-0.2, 0) is 6.18 Å². The van der Waals surface area contributed by atoms with Gasteiger partial charge in [0.15, 0.2) is 11.6 Å². The Morgan fingerprint density at radius 3 is 2.35 bits per heavy atom. The zero-order valence-corrected chi connectivity index (χ0v) is 13.8. The molecule has 0 saturated heterocycles. The Hall–Kier alpha value is -3.07. The van der Waals surface area contributed by atoms with E-state index in [1.807, 2.05) is 0 Å². The second kappa shape index (κ2) is 7.04. The number of anilines is 5. The van der Waals surface area contributed by atoms with Crippen molar-refractivity contribution in [3.05, 3.63) is 59.5 Å². The number of nitrogens with zero attached hydrogens (tertiary/aromatic N) is 3. The molecular weight excluding hydrogens is 369 g/mol. The molecule has 0 fully saturated rings. The van der Waals surface area contributed by atoms with E-state index < -0.39 is 11.7 Å². The lowest BCUT2D eigenvalue weighted by Gasteiger charge is -2.14. The minimum Gasteiger partial charge on any atom is -0.393 e. The molecule has 6 nitrogen and oxygen atoms in total. The summed E-state index contributed by atoms with van der Waals surface area (Å²) in [7, 11) is 0. The number of aromatic nitrogens is 3. The number of halogens is 4. The molecule has 0 unspecified atom stereocenters. The first kappa shape index (κ1) is 17.7. The standard InChI is InChI=1S/C16H12ClF3N6/c17-10-5-4-9(16(18,19)20)7-11(10)25-14-13(21)15(24-8-23-14)26-12-3-1-2-6-22-12/h1-8H,21H2,(H2,22,23,24,25,26). The number of alkyl halides is 3. The van der Waals surface area contributed by atoms with E-state index in [0.717, 1.165) is 18.2 Å². The number of hydrogen-bond acceptors (Lipinski definition) is 6. The van der Waals surface area contributed by atoms with Crippen LogP contribution in [0.5, 0.6) is 0 Å². The van der Waals surface area contributed by atoms with Gasteiger partial charge in [-0.05, 0) is 30.3 Å². The minimum absolute atomic E-state index is 0.0238. The first-order valence-corrected chi connectivity index (χ1v) is 7.64. The average Bonchev–Trinajstić information content (AvgIpc) is 2.60. The molecule has 0 amide bonds. The van der Waals surface area contributed by atoms with E-state index in [1.165, 1.54) is 6.33 Å². The third-order valence-corrected chi connectivity index (χ3v) is 3.67. The summed E-state index contributed by atoms with van der Waals surface area (Å²) in [6, 6.07) is 8.15. The fourth-order valence-corrected chi connectivity index (χ4v) is 2.24. The molecule has 3 aromatic rings. The number of nitrogens with two attached hydrogens (primary N) is 1. The molecule has 2 heterocycles. The third kappa shape index (κ3) is 3.94. The SMILES string of the molecule is Nc1c(Nc2ccccn2)ncnc1Nc1cc(C(F)(F)F)ccc1Cl. The molecule has 3 rings (SSSR count). The number of hydrogen-bond donors (Lipinski definition) is 3. The summed E-state index contributed by atoms with van der Waals surface area (Å²) < 4.78 is 38.7. The molecule has 4 N–H and O–H groups in total. The van der Waals surface area contributed by atoms with Crippen molar-refractivity contribution < 1.29 is 13.2 Å². The first-order valence-electron chi connectivity index (χ1n) is 7.27. The van der Waals surface area contributed by atoms with Gasteiger partial charge < -0.3 is 16.4 Å². The fraction of sp³-hybridized carbons (Fsp3) is 0.0625. The van der Waals surface area contributed by atoms with Crippen molar-refractivity contribution in [2.75, 3.05) is 16.4 Å². The fourth-order valence-electron chi connectivity index (χ4n) is 2.08. The Balaban J connectivity index is 1.90. The molecule has 10 heteroatoms. The van der Waals surface area contributed by atoms with Crippen molar-refractivity contribution in [2.45, 2.75) is 6.18 Å². The van der Waals surface area contributed by atoms with Crippen molar-refractivity contribution in [1.82, 2.24) is 15.0 Å². The highest BCUT2D eigenvalue weighted by Gasteiger charge is 2.31. The van der Waals surface area contributed by atoms with Crippen LogP contribution in [0.15, 0.2) is 48.9 Å². The monoisotopic (exact) mass is 380 g/mol. The van der Waals surface area contributed by atoms with Gasteiger partial charge in [0.25, 0.3) is 0 Å². The van der Waals surface area contributed by atoms with Crippen LogP contribution in [0.1, 0.15) is 5.56 Å². The predicted octanol–water partition coefficient (Wildman–Crippen LogP) is 4.61. The van der Waals surface area contributed by atoms with E-state index in [-0.39, 0.29) is 28.0 Å². The largest absolute Gasteiger partial charge is 0.416 e. The summed E-state index contributed by atoms with van der Waals surface area (Å²) in [6.07, 6.45) is -1.70. The first-order chi connectivity index (χ1) is 12.3. The van der Waals surface area contributed by atoms with E-state index >= 15 is 0 Å². The summed E-state index contributed by atoms with van der Waals surface area (Å²) in [5.74, 6) is 0.866. The normalized spacial score (nSPS) is 11.2. The van der Waals surface area contributed by atoms with Gasteiger partial charge in [0, 0.05) is 6.20 Å². The summed E-state index contributed by atoms with van der Waals surface area (Å²) >= 11 is 5.98. The van der Waals surface area contributed by atoms with Gasteiger partial charge in [-0.2, -0.15) is 13.2 Å². The van der Waals surface area contributed by atoms with Crippen LogP contribution in [0.3, 0.4) is 0 Å². The Labute approximate surface area is 151 Å². The number of nitrogens with one attached hydrogen (secondary N) is 2. The van der Waals surface area contributed by atoms with Crippen molar-refractivity contribution in [3.63, 3.8) is 0 Å². The quantitative estimate of drug-likeness (QED) is 0.612. The molecule has 0 saturated carbocycles. The molecule has 1 aromatic carbocycles. The van der Waals surface area contributed by atoms with E-state index in [0.29, 0.717) is 5.82 Å². The van der Waals surface area contributed by atoms with Crippen molar-refractivity contribution >= 4 is 40.4 Å². The van der Waals surface area contributed by atoms with Gasteiger partial charge in [-0.3, -0.25) is 0 Å². The Bertz CT molecular complexity index is 918.